The predicted molar refractivity (Wildman–Crippen MR) is 99.8 cm³/mol. The molecule has 0 saturated carbocycles. The second kappa shape index (κ2) is 7.23. The third kappa shape index (κ3) is 3.66. The molecular formula is C18H23N5OS. The van der Waals surface area contributed by atoms with E-state index in [0.29, 0.717) is 12.2 Å². The molecule has 0 aliphatic carbocycles. The van der Waals surface area contributed by atoms with Crippen molar-refractivity contribution in [2.75, 3.05) is 0 Å². The first-order valence-corrected chi connectivity index (χ1v) is 9.24. The van der Waals surface area contributed by atoms with Crippen molar-refractivity contribution in [1.82, 2.24) is 25.3 Å². The summed E-state index contributed by atoms with van der Waals surface area (Å²) < 4.78 is 2.00. The van der Waals surface area contributed by atoms with Crippen LogP contribution in [0.5, 0.6) is 0 Å². The van der Waals surface area contributed by atoms with Gasteiger partial charge in [-0.1, -0.05) is 6.92 Å². The summed E-state index contributed by atoms with van der Waals surface area (Å²) in [6.07, 6.45) is 1.03. The summed E-state index contributed by atoms with van der Waals surface area (Å²) in [6, 6.07) is 5.88. The number of hydrogen-bond acceptors (Lipinski definition) is 4. The van der Waals surface area contributed by atoms with E-state index in [4.69, 9.17) is 0 Å². The minimum atomic E-state index is -0.183. The Morgan fingerprint density at radius 1 is 1.32 bits per heavy atom. The molecule has 1 amide bonds. The van der Waals surface area contributed by atoms with Gasteiger partial charge in [-0.15, -0.1) is 11.3 Å². The Labute approximate surface area is 151 Å². The van der Waals surface area contributed by atoms with Crippen molar-refractivity contribution in [2.24, 2.45) is 0 Å². The molecule has 2 N–H and O–H groups in total. The SMILES string of the molecule is CCCn1nc(C)c(CNC(=O)c2cc(-c3ccc(C)s3)[nH]n2)c1C. The van der Waals surface area contributed by atoms with Crippen molar-refractivity contribution in [3.63, 3.8) is 0 Å². The molecule has 25 heavy (non-hydrogen) atoms. The molecular weight excluding hydrogens is 334 g/mol. The number of nitrogens with one attached hydrogen (secondary N) is 2. The van der Waals surface area contributed by atoms with E-state index in [1.165, 1.54) is 4.88 Å². The van der Waals surface area contributed by atoms with Gasteiger partial charge in [-0.25, -0.2) is 0 Å². The lowest BCUT2D eigenvalue weighted by Gasteiger charge is -2.05. The summed E-state index contributed by atoms with van der Waals surface area (Å²) >= 11 is 1.67. The maximum Gasteiger partial charge on any atom is 0.272 e. The third-order valence-electron chi connectivity index (χ3n) is 4.21. The lowest BCUT2D eigenvalue weighted by atomic mass is 10.2. The van der Waals surface area contributed by atoms with Gasteiger partial charge in [0.2, 0.25) is 0 Å². The Balaban J connectivity index is 1.68. The topological polar surface area (TPSA) is 75.6 Å². The number of rotatable bonds is 6. The third-order valence-corrected chi connectivity index (χ3v) is 5.24. The number of carbonyl (C=O) groups is 1. The zero-order chi connectivity index (χ0) is 18.0. The molecule has 0 saturated heterocycles. The molecule has 0 aromatic carbocycles. The highest BCUT2D eigenvalue weighted by Crippen LogP contribution is 2.26. The smallest absolute Gasteiger partial charge is 0.272 e. The average Bonchev–Trinajstić information content (AvgIpc) is 3.27. The second-order valence-corrected chi connectivity index (χ2v) is 7.42. The number of aromatic amines is 1. The molecule has 0 spiro atoms. The fourth-order valence-electron chi connectivity index (χ4n) is 2.82. The molecule has 0 radical (unpaired) electrons. The molecule has 3 heterocycles. The zero-order valence-electron chi connectivity index (χ0n) is 15.0. The molecule has 0 atom stereocenters. The minimum Gasteiger partial charge on any atom is -0.346 e. The first-order valence-electron chi connectivity index (χ1n) is 8.43. The summed E-state index contributed by atoms with van der Waals surface area (Å²) in [4.78, 5) is 14.7. The lowest BCUT2D eigenvalue weighted by molar-refractivity contribution is 0.0946. The van der Waals surface area contributed by atoms with Gasteiger partial charge >= 0.3 is 0 Å². The molecule has 0 aliphatic rings. The highest BCUT2D eigenvalue weighted by atomic mass is 32.1. The van der Waals surface area contributed by atoms with Gasteiger partial charge in [-0.05, 0) is 45.4 Å². The van der Waals surface area contributed by atoms with E-state index < -0.39 is 0 Å². The molecule has 3 aromatic heterocycles. The van der Waals surface area contributed by atoms with Crippen LogP contribution in [0.25, 0.3) is 10.6 Å². The van der Waals surface area contributed by atoms with Gasteiger partial charge in [0.15, 0.2) is 5.69 Å². The van der Waals surface area contributed by atoms with Crippen molar-refractivity contribution < 1.29 is 4.79 Å². The monoisotopic (exact) mass is 357 g/mol. The van der Waals surface area contributed by atoms with E-state index in [1.807, 2.05) is 24.6 Å². The maximum absolute atomic E-state index is 12.4. The summed E-state index contributed by atoms with van der Waals surface area (Å²) in [6.45, 7) is 9.56. The van der Waals surface area contributed by atoms with Crippen molar-refractivity contribution in [1.29, 1.82) is 0 Å². The standard InChI is InChI=1S/C18H23N5OS/c1-5-8-23-13(4)14(12(3)22-23)10-19-18(24)16-9-15(20-21-16)17-7-6-11(2)25-17/h6-7,9H,5,8,10H2,1-4H3,(H,19,24)(H,20,21). The van der Waals surface area contributed by atoms with Crippen molar-refractivity contribution in [2.45, 2.75) is 47.2 Å². The van der Waals surface area contributed by atoms with Gasteiger partial charge in [0.1, 0.15) is 0 Å². The summed E-state index contributed by atoms with van der Waals surface area (Å²) in [5.74, 6) is -0.183. The number of carbonyl (C=O) groups excluding carboxylic acids is 1. The molecule has 0 unspecified atom stereocenters. The van der Waals surface area contributed by atoms with Crippen LogP contribution < -0.4 is 5.32 Å². The van der Waals surface area contributed by atoms with Crippen molar-refractivity contribution in [3.05, 3.63) is 45.7 Å². The molecule has 3 aromatic rings. The van der Waals surface area contributed by atoms with Crippen LogP contribution in [0.4, 0.5) is 0 Å². The van der Waals surface area contributed by atoms with Crippen LogP contribution in [0, 0.1) is 20.8 Å². The zero-order valence-corrected chi connectivity index (χ0v) is 15.8. The van der Waals surface area contributed by atoms with Crippen LogP contribution in [-0.4, -0.2) is 25.9 Å². The number of amides is 1. The van der Waals surface area contributed by atoms with Gasteiger partial charge in [0.25, 0.3) is 5.91 Å². The minimum absolute atomic E-state index is 0.183. The van der Waals surface area contributed by atoms with Crippen molar-refractivity contribution >= 4 is 17.2 Å². The first kappa shape index (κ1) is 17.4. The Bertz CT molecular complexity index is 889. The van der Waals surface area contributed by atoms with Crippen LogP contribution in [0.2, 0.25) is 0 Å². The fraction of sp³-hybridized carbons (Fsp3) is 0.389. The van der Waals surface area contributed by atoms with Gasteiger partial charge < -0.3 is 5.32 Å². The highest BCUT2D eigenvalue weighted by molar-refractivity contribution is 7.15. The molecule has 132 valence electrons. The number of hydrogen-bond donors (Lipinski definition) is 2. The van der Waals surface area contributed by atoms with Crippen molar-refractivity contribution in [3.8, 4) is 10.6 Å². The van der Waals surface area contributed by atoms with E-state index in [0.717, 1.165) is 40.5 Å². The normalized spacial score (nSPS) is 11.0. The lowest BCUT2D eigenvalue weighted by Crippen LogP contribution is -2.23. The van der Waals surface area contributed by atoms with E-state index in [9.17, 15) is 4.79 Å². The van der Waals surface area contributed by atoms with E-state index in [1.54, 1.807) is 17.4 Å². The number of aryl methyl sites for hydroxylation is 3. The summed E-state index contributed by atoms with van der Waals surface area (Å²) in [5.41, 5.74) is 4.41. The van der Waals surface area contributed by atoms with E-state index in [2.05, 4.69) is 40.5 Å². The molecule has 0 bridgehead atoms. The summed E-state index contributed by atoms with van der Waals surface area (Å²) in [5, 5.41) is 14.6. The summed E-state index contributed by atoms with van der Waals surface area (Å²) in [7, 11) is 0. The molecule has 3 rings (SSSR count). The van der Waals surface area contributed by atoms with Gasteiger partial charge in [0.05, 0.1) is 16.3 Å². The van der Waals surface area contributed by atoms with Gasteiger partial charge in [-0.3, -0.25) is 14.6 Å². The quantitative estimate of drug-likeness (QED) is 0.708. The number of aromatic nitrogens is 4. The Morgan fingerprint density at radius 2 is 2.12 bits per heavy atom. The number of H-pyrrole nitrogens is 1. The number of nitrogens with zero attached hydrogens (tertiary/aromatic N) is 3. The molecule has 0 fully saturated rings. The fourth-order valence-corrected chi connectivity index (χ4v) is 3.66. The Morgan fingerprint density at radius 3 is 2.80 bits per heavy atom. The largest absolute Gasteiger partial charge is 0.346 e. The van der Waals surface area contributed by atoms with Gasteiger partial charge in [-0.2, -0.15) is 10.2 Å². The predicted octanol–water partition coefficient (Wildman–Crippen LogP) is 3.60. The molecule has 0 aliphatic heterocycles. The van der Waals surface area contributed by atoms with Crippen LogP contribution in [0.1, 0.15) is 45.7 Å². The first-order chi connectivity index (χ1) is 12.0. The highest BCUT2D eigenvalue weighted by Gasteiger charge is 2.15. The second-order valence-electron chi connectivity index (χ2n) is 6.13. The van der Waals surface area contributed by atoms with E-state index >= 15 is 0 Å². The van der Waals surface area contributed by atoms with Gasteiger partial charge in [0, 0.05) is 29.2 Å². The van der Waals surface area contributed by atoms with Crippen LogP contribution in [0.15, 0.2) is 18.2 Å². The van der Waals surface area contributed by atoms with Crippen LogP contribution in [0.3, 0.4) is 0 Å². The van der Waals surface area contributed by atoms with E-state index in [-0.39, 0.29) is 5.91 Å². The Hall–Kier alpha value is -2.41. The Kier molecular flexibility index (Phi) is 5.03. The average molecular weight is 357 g/mol. The molecule has 7 heteroatoms. The maximum atomic E-state index is 12.4. The van der Waals surface area contributed by atoms with Crippen LogP contribution in [-0.2, 0) is 13.1 Å². The number of thiophene rings is 1. The van der Waals surface area contributed by atoms with Crippen LogP contribution >= 0.6 is 11.3 Å². The molecule has 6 nitrogen and oxygen atoms in total.